The smallest absolute Gasteiger partial charge is 0.200 e. The van der Waals surface area contributed by atoms with E-state index in [9.17, 15) is 0 Å². The van der Waals surface area contributed by atoms with E-state index >= 15 is 0 Å². The van der Waals surface area contributed by atoms with Gasteiger partial charge in [-0.3, -0.25) is 22.9 Å². The second-order valence-electron chi connectivity index (χ2n) is 1.56. The first-order valence-corrected chi connectivity index (χ1v) is 5.01. The Bertz CT molecular complexity index is 92.8. The molecule has 0 spiro atoms. The molecule has 0 atom stereocenters. The van der Waals surface area contributed by atoms with Crippen molar-refractivity contribution >= 4 is 44.8 Å². The van der Waals surface area contributed by atoms with Gasteiger partial charge in [-0.2, -0.15) is 0 Å². The molecule has 0 saturated heterocycles. The van der Waals surface area contributed by atoms with Crippen molar-refractivity contribution in [1.82, 2.24) is 0 Å². The molecule has 0 rings (SSSR count). The molecule has 62 valence electrons. The van der Waals surface area contributed by atoms with Crippen molar-refractivity contribution in [3.05, 3.63) is 0 Å². The number of nitrogens with two attached hydrogens (primary N) is 4. The maximum absolute atomic E-state index is 5.37. The van der Waals surface area contributed by atoms with Crippen molar-refractivity contribution in [3.8, 4) is 0 Å². The van der Waals surface area contributed by atoms with Crippen LogP contribution in [0.2, 0.25) is 0 Å². The highest BCUT2D eigenvalue weighted by Gasteiger charge is 2.23. The molecule has 0 aliphatic heterocycles. The normalized spacial score (nSPS) is 13.8. The minimum atomic E-state index is -1.39. The summed E-state index contributed by atoms with van der Waals surface area (Å²) in [6.45, 7) is 0. The molecule has 0 bridgehead atoms. The third-order valence-electron chi connectivity index (χ3n) is 0.297. The zero-order valence-electron chi connectivity index (χ0n) is 4.88. The Kier molecular flexibility index (Phi) is 4.09. The van der Waals surface area contributed by atoms with Crippen molar-refractivity contribution in [1.29, 1.82) is 0 Å². The van der Waals surface area contributed by atoms with Gasteiger partial charge in [-0.1, -0.05) is 23.2 Å². The lowest BCUT2D eigenvalue weighted by atomic mass is 11.2. The van der Waals surface area contributed by atoms with E-state index in [1.54, 1.807) is 0 Å². The summed E-state index contributed by atoms with van der Waals surface area (Å²) >= 11 is 10.7. The fourth-order valence-corrected chi connectivity index (χ4v) is 1.72. The molecule has 0 aliphatic carbocycles. The monoisotopic (exact) mass is 222 g/mol. The van der Waals surface area contributed by atoms with Crippen molar-refractivity contribution in [2.75, 3.05) is 0 Å². The van der Waals surface area contributed by atoms with Crippen molar-refractivity contribution in [3.63, 3.8) is 0 Å². The average Bonchev–Trinajstić information content (AvgIpc) is 1.57. The Morgan fingerprint density at radius 2 is 1.00 bits per heavy atom. The van der Waals surface area contributed by atoms with Gasteiger partial charge in [0.05, 0.1) is 0 Å². The SMILES string of the molecule is NC(N)(Cl)SSC(N)(N)Cl. The van der Waals surface area contributed by atoms with Gasteiger partial charge >= 0.3 is 0 Å². The van der Waals surface area contributed by atoms with Gasteiger partial charge in [-0.05, 0) is 21.6 Å². The summed E-state index contributed by atoms with van der Waals surface area (Å²) in [5.74, 6) is 0. The van der Waals surface area contributed by atoms with Crippen LogP contribution in [0.3, 0.4) is 0 Å². The molecule has 0 unspecified atom stereocenters. The van der Waals surface area contributed by atoms with Crippen LogP contribution in [0.5, 0.6) is 0 Å². The van der Waals surface area contributed by atoms with Crippen LogP contribution in [0, 0.1) is 0 Å². The van der Waals surface area contributed by atoms with Gasteiger partial charge in [0.25, 0.3) is 0 Å². The summed E-state index contributed by atoms with van der Waals surface area (Å²) in [6.07, 6.45) is 0. The van der Waals surface area contributed by atoms with Gasteiger partial charge in [0, 0.05) is 0 Å². The zero-order chi connectivity index (χ0) is 8.41. The number of alkyl halides is 2. The molecule has 0 aromatic carbocycles. The molecule has 0 heterocycles. The van der Waals surface area contributed by atoms with Gasteiger partial charge in [-0.25, -0.2) is 0 Å². The Balaban J connectivity index is 3.56. The van der Waals surface area contributed by atoms with Crippen LogP contribution >= 0.6 is 44.8 Å². The second-order valence-corrected chi connectivity index (χ2v) is 5.95. The van der Waals surface area contributed by atoms with Gasteiger partial charge in [-0.15, -0.1) is 0 Å². The predicted molar refractivity (Wildman–Crippen MR) is 49.1 cm³/mol. The molecule has 0 saturated carbocycles. The molecule has 0 aliphatic rings. The van der Waals surface area contributed by atoms with E-state index < -0.39 is 8.91 Å². The van der Waals surface area contributed by atoms with Crippen LogP contribution in [0.25, 0.3) is 0 Å². The summed E-state index contributed by atoms with van der Waals surface area (Å²) in [6, 6.07) is 0. The van der Waals surface area contributed by atoms with E-state index in [1.807, 2.05) is 0 Å². The molecule has 0 amide bonds. The van der Waals surface area contributed by atoms with Crippen LogP contribution in [-0.2, 0) is 0 Å². The second kappa shape index (κ2) is 3.68. The molecule has 0 aromatic rings. The van der Waals surface area contributed by atoms with Crippen LogP contribution in [-0.4, -0.2) is 8.91 Å². The molecule has 0 fully saturated rings. The van der Waals surface area contributed by atoms with E-state index in [-0.39, 0.29) is 0 Å². The Morgan fingerprint density at radius 1 is 0.800 bits per heavy atom. The molecule has 10 heavy (non-hydrogen) atoms. The Hall–Kier alpha value is 1.12. The first-order chi connectivity index (χ1) is 4.21. The number of rotatable bonds is 3. The van der Waals surface area contributed by atoms with E-state index in [2.05, 4.69) is 0 Å². The Labute approximate surface area is 76.7 Å². The summed E-state index contributed by atoms with van der Waals surface area (Å²) in [4.78, 5) is 0. The summed E-state index contributed by atoms with van der Waals surface area (Å²) in [7, 11) is 1.79. The first kappa shape index (κ1) is 11.1. The van der Waals surface area contributed by atoms with Gasteiger partial charge in [0.1, 0.15) is 0 Å². The van der Waals surface area contributed by atoms with Crippen LogP contribution in [0.15, 0.2) is 0 Å². The number of hydrogen-bond acceptors (Lipinski definition) is 6. The van der Waals surface area contributed by atoms with Crippen molar-refractivity contribution in [2.24, 2.45) is 22.9 Å². The third-order valence-corrected chi connectivity index (χ3v) is 3.81. The molecule has 8 heteroatoms. The molecule has 0 radical (unpaired) electrons. The maximum Gasteiger partial charge on any atom is 0.200 e. The topological polar surface area (TPSA) is 104 Å². The molecule has 4 nitrogen and oxygen atoms in total. The van der Waals surface area contributed by atoms with Gasteiger partial charge < -0.3 is 0 Å². The maximum atomic E-state index is 5.37. The molecular formula is C2H8Cl2N4S2. The standard InChI is InChI=1S/C2H8Cl2N4S2/c3-1(5,6)9-10-2(4,7)8/h5-8H2. The van der Waals surface area contributed by atoms with Crippen LogP contribution < -0.4 is 22.9 Å². The largest absolute Gasteiger partial charge is 0.291 e. The van der Waals surface area contributed by atoms with Crippen LogP contribution in [0.1, 0.15) is 0 Å². The van der Waals surface area contributed by atoms with E-state index in [0.29, 0.717) is 0 Å². The highest BCUT2D eigenvalue weighted by Crippen LogP contribution is 2.37. The fourth-order valence-electron chi connectivity index (χ4n) is 0.128. The van der Waals surface area contributed by atoms with Gasteiger partial charge in [0.15, 0.2) is 8.91 Å². The molecule has 8 N–H and O–H groups in total. The molecule has 0 aromatic heterocycles. The first-order valence-electron chi connectivity index (χ1n) is 2.11. The third kappa shape index (κ3) is 9.12. The minimum Gasteiger partial charge on any atom is -0.291 e. The summed E-state index contributed by atoms with van der Waals surface area (Å²) in [5, 5.41) is 0. The lowest BCUT2D eigenvalue weighted by Crippen LogP contribution is -2.43. The zero-order valence-corrected chi connectivity index (χ0v) is 8.03. The van der Waals surface area contributed by atoms with Gasteiger partial charge in [0.2, 0.25) is 0 Å². The Morgan fingerprint density at radius 3 is 1.10 bits per heavy atom. The highest BCUT2D eigenvalue weighted by atomic mass is 35.5. The number of halogens is 2. The minimum absolute atomic E-state index is 0.896. The van der Waals surface area contributed by atoms with Crippen molar-refractivity contribution < 1.29 is 0 Å². The van der Waals surface area contributed by atoms with E-state index in [4.69, 9.17) is 46.1 Å². The van der Waals surface area contributed by atoms with E-state index in [1.165, 1.54) is 0 Å². The number of hydrogen-bond donors (Lipinski definition) is 4. The summed E-state index contributed by atoms with van der Waals surface area (Å²) in [5.41, 5.74) is 20.6. The van der Waals surface area contributed by atoms with Crippen LogP contribution in [0.4, 0.5) is 0 Å². The fraction of sp³-hybridized carbons (Fsp3) is 1.00. The lowest BCUT2D eigenvalue weighted by Gasteiger charge is -2.19. The molecular weight excluding hydrogens is 215 g/mol. The quantitative estimate of drug-likeness (QED) is 0.230. The summed E-state index contributed by atoms with van der Waals surface area (Å²) < 4.78 is -2.77. The van der Waals surface area contributed by atoms with E-state index in [0.717, 1.165) is 21.6 Å². The average molecular weight is 223 g/mol. The van der Waals surface area contributed by atoms with Crippen molar-refractivity contribution in [2.45, 2.75) is 8.91 Å². The lowest BCUT2D eigenvalue weighted by molar-refractivity contribution is 0.894. The predicted octanol–water partition coefficient (Wildman–Crippen LogP) is -0.0972. The highest BCUT2D eigenvalue weighted by molar-refractivity contribution is 8.78.